The summed E-state index contributed by atoms with van der Waals surface area (Å²) in [6, 6.07) is 9.51. The fourth-order valence-corrected chi connectivity index (χ4v) is 1.85. The van der Waals surface area contributed by atoms with Gasteiger partial charge in [-0.15, -0.1) is 0 Å². The maximum atomic E-state index is 5.95. The summed E-state index contributed by atoms with van der Waals surface area (Å²) in [4.78, 5) is 0. The molecule has 96 valence electrons. The van der Waals surface area contributed by atoms with E-state index in [4.69, 9.17) is 16.1 Å². The minimum Gasteiger partial charge on any atom is -0.356 e. The van der Waals surface area contributed by atoms with Gasteiger partial charge in [-0.2, -0.15) is 0 Å². The molecule has 0 unspecified atom stereocenters. The summed E-state index contributed by atoms with van der Waals surface area (Å²) in [5, 5.41) is 8.06. The molecule has 0 aliphatic carbocycles. The van der Waals surface area contributed by atoms with Crippen molar-refractivity contribution in [1.82, 2.24) is 10.5 Å². The van der Waals surface area contributed by atoms with Gasteiger partial charge in [0.05, 0.1) is 5.69 Å². The lowest BCUT2D eigenvalue weighted by molar-refractivity contribution is 0.418. The van der Waals surface area contributed by atoms with Gasteiger partial charge in [0.15, 0.2) is 5.76 Å². The summed E-state index contributed by atoms with van der Waals surface area (Å²) < 4.78 is 5.31. The van der Waals surface area contributed by atoms with Gasteiger partial charge in [-0.25, -0.2) is 0 Å². The van der Waals surface area contributed by atoms with Gasteiger partial charge in [-0.05, 0) is 24.6 Å². The second-order valence-electron chi connectivity index (χ2n) is 4.72. The molecule has 1 aromatic carbocycles. The largest absolute Gasteiger partial charge is 0.356 e. The second kappa shape index (κ2) is 6.03. The zero-order chi connectivity index (χ0) is 13.0. The Morgan fingerprint density at radius 1 is 1.33 bits per heavy atom. The number of hydrogen-bond acceptors (Lipinski definition) is 3. The number of rotatable bonds is 5. The summed E-state index contributed by atoms with van der Waals surface area (Å²) in [6.07, 6.45) is 0. The van der Waals surface area contributed by atoms with E-state index < -0.39 is 0 Å². The first-order valence-electron chi connectivity index (χ1n) is 6.07. The fourth-order valence-electron chi connectivity index (χ4n) is 1.66. The number of nitrogens with zero attached hydrogens (tertiary/aromatic N) is 1. The molecular weight excluding hydrogens is 248 g/mol. The average Bonchev–Trinajstić information content (AvgIpc) is 2.77. The number of nitrogens with one attached hydrogen (secondary N) is 1. The predicted molar refractivity (Wildman–Crippen MR) is 73.5 cm³/mol. The monoisotopic (exact) mass is 264 g/mol. The Morgan fingerprint density at radius 2 is 2.17 bits per heavy atom. The minimum atomic E-state index is 0.629. The van der Waals surface area contributed by atoms with Crippen LogP contribution in [0.2, 0.25) is 5.02 Å². The molecule has 0 amide bonds. The van der Waals surface area contributed by atoms with Crippen LogP contribution in [0.3, 0.4) is 0 Å². The van der Waals surface area contributed by atoms with E-state index in [1.54, 1.807) is 0 Å². The van der Waals surface area contributed by atoms with Crippen LogP contribution in [0.15, 0.2) is 34.9 Å². The van der Waals surface area contributed by atoms with Crippen molar-refractivity contribution >= 4 is 11.6 Å². The Hall–Kier alpha value is -1.32. The zero-order valence-corrected chi connectivity index (χ0v) is 11.4. The van der Waals surface area contributed by atoms with Crippen molar-refractivity contribution < 1.29 is 4.52 Å². The lowest BCUT2D eigenvalue weighted by atomic mass is 10.1. The lowest BCUT2D eigenvalue weighted by Gasteiger charge is -2.04. The van der Waals surface area contributed by atoms with Gasteiger partial charge < -0.3 is 9.84 Å². The molecule has 0 aliphatic heterocycles. The molecule has 1 heterocycles. The Labute approximate surface area is 112 Å². The smallest absolute Gasteiger partial charge is 0.167 e. The van der Waals surface area contributed by atoms with Gasteiger partial charge in [0.2, 0.25) is 0 Å². The molecule has 3 nitrogen and oxygen atoms in total. The summed E-state index contributed by atoms with van der Waals surface area (Å²) in [5.74, 6) is 1.38. The van der Waals surface area contributed by atoms with E-state index in [1.165, 1.54) is 0 Å². The highest BCUT2D eigenvalue weighted by Gasteiger charge is 2.07. The van der Waals surface area contributed by atoms with Crippen molar-refractivity contribution in [3.8, 4) is 11.3 Å². The third-order valence-corrected chi connectivity index (χ3v) is 2.76. The van der Waals surface area contributed by atoms with Crippen molar-refractivity contribution in [2.45, 2.75) is 20.4 Å². The van der Waals surface area contributed by atoms with E-state index in [9.17, 15) is 0 Å². The number of benzene rings is 1. The highest BCUT2D eigenvalue weighted by molar-refractivity contribution is 6.30. The van der Waals surface area contributed by atoms with Gasteiger partial charge >= 0.3 is 0 Å². The van der Waals surface area contributed by atoms with E-state index in [0.29, 0.717) is 10.9 Å². The Bertz CT molecular complexity index is 508. The van der Waals surface area contributed by atoms with E-state index in [0.717, 1.165) is 30.1 Å². The van der Waals surface area contributed by atoms with Gasteiger partial charge in [0.1, 0.15) is 0 Å². The molecule has 0 spiro atoms. The van der Waals surface area contributed by atoms with E-state index in [-0.39, 0.29) is 0 Å². The van der Waals surface area contributed by atoms with Crippen LogP contribution in [-0.2, 0) is 6.54 Å². The number of halogens is 1. The molecule has 0 atom stereocenters. The molecule has 4 heteroatoms. The number of aromatic nitrogens is 1. The zero-order valence-electron chi connectivity index (χ0n) is 10.6. The van der Waals surface area contributed by atoms with Crippen molar-refractivity contribution in [2.24, 2.45) is 5.92 Å². The molecule has 18 heavy (non-hydrogen) atoms. The van der Waals surface area contributed by atoms with E-state index in [2.05, 4.69) is 24.3 Å². The fraction of sp³-hybridized carbons (Fsp3) is 0.357. The normalized spacial score (nSPS) is 11.1. The summed E-state index contributed by atoms with van der Waals surface area (Å²) in [6.45, 7) is 6.04. The molecule has 1 aromatic heterocycles. The van der Waals surface area contributed by atoms with Gasteiger partial charge in [0.25, 0.3) is 0 Å². The molecule has 0 bridgehead atoms. The van der Waals surface area contributed by atoms with Crippen molar-refractivity contribution in [3.05, 3.63) is 41.0 Å². The van der Waals surface area contributed by atoms with Crippen LogP contribution in [0.1, 0.15) is 19.5 Å². The third-order valence-electron chi connectivity index (χ3n) is 2.53. The summed E-state index contributed by atoms with van der Waals surface area (Å²) >= 11 is 5.95. The predicted octanol–water partition coefficient (Wildman–Crippen LogP) is 3.74. The quantitative estimate of drug-likeness (QED) is 0.894. The highest BCUT2D eigenvalue weighted by Crippen LogP contribution is 2.23. The SMILES string of the molecule is CC(C)CNCc1cc(-c2cccc(Cl)c2)on1. The molecule has 0 fully saturated rings. The second-order valence-corrected chi connectivity index (χ2v) is 5.15. The van der Waals surface area contributed by atoms with Crippen molar-refractivity contribution in [1.29, 1.82) is 0 Å². The maximum absolute atomic E-state index is 5.95. The molecule has 0 saturated carbocycles. The Morgan fingerprint density at radius 3 is 2.89 bits per heavy atom. The van der Waals surface area contributed by atoms with Gasteiger partial charge in [-0.1, -0.05) is 42.7 Å². The van der Waals surface area contributed by atoms with Crippen molar-refractivity contribution in [2.75, 3.05) is 6.54 Å². The van der Waals surface area contributed by atoms with Crippen LogP contribution in [0.5, 0.6) is 0 Å². The first-order chi connectivity index (χ1) is 8.65. The third kappa shape index (κ3) is 3.59. The molecular formula is C14H17ClN2O. The Balaban J connectivity index is 2.02. The summed E-state index contributed by atoms with van der Waals surface area (Å²) in [5.41, 5.74) is 1.86. The van der Waals surface area contributed by atoms with Crippen LogP contribution in [0, 0.1) is 5.92 Å². The molecule has 1 N–H and O–H groups in total. The van der Waals surface area contributed by atoms with Crippen molar-refractivity contribution in [3.63, 3.8) is 0 Å². The van der Waals surface area contributed by atoms with E-state index in [1.807, 2.05) is 30.3 Å². The number of hydrogen-bond donors (Lipinski definition) is 1. The Kier molecular flexibility index (Phi) is 4.39. The standard InChI is InChI=1S/C14H17ClN2O/c1-10(2)8-16-9-13-7-14(18-17-13)11-4-3-5-12(15)6-11/h3-7,10,16H,8-9H2,1-2H3. The lowest BCUT2D eigenvalue weighted by Crippen LogP contribution is -2.18. The van der Waals surface area contributed by atoms with Gasteiger partial charge in [-0.3, -0.25) is 0 Å². The van der Waals surface area contributed by atoms with Crippen LogP contribution >= 0.6 is 11.6 Å². The van der Waals surface area contributed by atoms with Crippen LogP contribution in [0.25, 0.3) is 11.3 Å². The van der Waals surface area contributed by atoms with Gasteiger partial charge in [0, 0.05) is 23.2 Å². The summed E-state index contributed by atoms with van der Waals surface area (Å²) in [7, 11) is 0. The highest BCUT2D eigenvalue weighted by atomic mass is 35.5. The molecule has 2 rings (SSSR count). The first kappa shape index (κ1) is 13.1. The van der Waals surface area contributed by atoms with Crippen LogP contribution in [-0.4, -0.2) is 11.7 Å². The molecule has 0 radical (unpaired) electrons. The van der Waals surface area contributed by atoms with E-state index >= 15 is 0 Å². The molecule has 0 saturated heterocycles. The molecule has 0 aliphatic rings. The van der Waals surface area contributed by atoms with Crippen LogP contribution in [0.4, 0.5) is 0 Å². The topological polar surface area (TPSA) is 38.1 Å². The van der Waals surface area contributed by atoms with Crippen LogP contribution < -0.4 is 5.32 Å². The maximum Gasteiger partial charge on any atom is 0.167 e. The average molecular weight is 265 g/mol. The molecule has 2 aromatic rings. The first-order valence-corrected chi connectivity index (χ1v) is 6.45. The minimum absolute atomic E-state index is 0.629.